The van der Waals surface area contributed by atoms with Gasteiger partial charge in [-0.3, -0.25) is 9.69 Å². The van der Waals surface area contributed by atoms with Gasteiger partial charge >= 0.3 is 5.97 Å². The van der Waals surface area contributed by atoms with Gasteiger partial charge in [-0.2, -0.15) is 0 Å². The minimum atomic E-state index is -0.296. The molecule has 24 heavy (non-hydrogen) atoms. The molecule has 0 unspecified atom stereocenters. The normalized spacial score (nSPS) is 11.9. The van der Waals surface area contributed by atoms with Gasteiger partial charge in [0.25, 0.3) is 0 Å². The number of fused-ring (bicyclic) bond motifs is 1. The van der Waals surface area contributed by atoms with E-state index in [4.69, 9.17) is 4.74 Å². The van der Waals surface area contributed by atoms with Crippen LogP contribution in [0.15, 0.2) is 30.9 Å². The highest BCUT2D eigenvalue weighted by Crippen LogP contribution is 2.32. The summed E-state index contributed by atoms with van der Waals surface area (Å²) in [6, 6.07) is 5.77. The highest BCUT2D eigenvalue weighted by Gasteiger charge is 2.21. The van der Waals surface area contributed by atoms with E-state index in [2.05, 4.69) is 44.2 Å². The molecule has 0 aliphatic heterocycles. The van der Waals surface area contributed by atoms with E-state index in [-0.39, 0.29) is 11.5 Å². The lowest BCUT2D eigenvalue weighted by atomic mass is 10.0. The molecule has 4 heteroatoms. The van der Waals surface area contributed by atoms with Crippen LogP contribution in [0.3, 0.4) is 0 Å². The summed E-state index contributed by atoms with van der Waals surface area (Å²) >= 11 is 0. The van der Waals surface area contributed by atoms with Crippen molar-refractivity contribution in [1.29, 1.82) is 0 Å². The highest BCUT2D eigenvalue weighted by molar-refractivity contribution is 5.92. The summed E-state index contributed by atoms with van der Waals surface area (Å²) in [5.74, 6) is 0.334. The number of aromatic nitrogens is 1. The lowest BCUT2D eigenvalue weighted by Crippen LogP contribution is -2.42. The molecule has 0 atom stereocenters. The summed E-state index contributed by atoms with van der Waals surface area (Å²) in [5, 5.41) is 1.01. The first kappa shape index (κ1) is 18.3. The average Bonchev–Trinajstić information content (AvgIpc) is 2.78. The molecule has 0 saturated carbocycles. The molecule has 0 spiro atoms. The fourth-order valence-corrected chi connectivity index (χ4v) is 3.07. The second kappa shape index (κ2) is 7.22. The van der Waals surface area contributed by atoms with E-state index in [1.165, 1.54) is 12.5 Å². The van der Waals surface area contributed by atoms with Crippen LogP contribution in [-0.2, 0) is 11.2 Å². The van der Waals surface area contributed by atoms with Crippen molar-refractivity contribution in [1.82, 2.24) is 9.88 Å². The number of hydrogen-bond donors (Lipinski definition) is 1. The number of carbonyl (C=O) groups excluding carboxylic acids is 1. The molecule has 130 valence electrons. The van der Waals surface area contributed by atoms with Crippen molar-refractivity contribution >= 4 is 16.9 Å². The maximum absolute atomic E-state index is 11.4. The van der Waals surface area contributed by atoms with Crippen LogP contribution in [0.25, 0.3) is 10.9 Å². The lowest BCUT2D eigenvalue weighted by molar-refractivity contribution is -0.131. The van der Waals surface area contributed by atoms with Gasteiger partial charge in [0.15, 0.2) is 0 Å². The maximum atomic E-state index is 11.4. The Hall–Kier alpha value is -2.07. The number of nitrogens with zero attached hydrogens (tertiary/aromatic N) is 1. The molecule has 1 aromatic carbocycles. The largest absolute Gasteiger partial charge is 0.426 e. The Balaban J connectivity index is 2.35. The van der Waals surface area contributed by atoms with Crippen LogP contribution >= 0.6 is 0 Å². The molecule has 1 aromatic heterocycles. The van der Waals surface area contributed by atoms with Gasteiger partial charge in [0.1, 0.15) is 5.75 Å². The van der Waals surface area contributed by atoms with Crippen LogP contribution in [0.4, 0.5) is 0 Å². The monoisotopic (exact) mass is 328 g/mol. The predicted octanol–water partition coefficient (Wildman–Crippen LogP) is 4.23. The van der Waals surface area contributed by atoms with Gasteiger partial charge in [0.05, 0.1) is 0 Å². The minimum absolute atomic E-state index is 0.0763. The predicted molar refractivity (Wildman–Crippen MR) is 99.6 cm³/mol. The van der Waals surface area contributed by atoms with E-state index in [0.717, 1.165) is 36.1 Å². The first-order chi connectivity index (χ1) is 11.2. The fraction of sp³-hybridized carbons (Fsp3) is 0.450. The Bertz CT molecular complexity index is 738. The van der Waals surface area contributed by atoms with Crippen LogP contribution in [-0.4, -0.2) is 34.5 Å². The first-order valence-corrected chi connectivity index (χ1v) is 8.38. The number of benzene rings is 1. The number of ether oxygens (including phenoxy) is 1. The third-order valence-corrected chi connectivity index (χ3v) is 4.29. The molecule has 0 aliphatic rings. The summed E-state index contributed by atoms with van der Waals surface area (Å²) < 4.78 is 5.41. The van der Waals surface area contributed by atoms with Crippen LogP contribution in [0.2, 0.25) is 0 Å². The fourth-order valence-electron chi connectivity index (χ4n) is 3.07. The topological polar surface area (TPSA) is 45.3 Å². The third-order valence-electron chi connectivity index (χ3n) is 4.29. The molecule has 2 aromatic rings. The SMILES string of the molecule is C=CCN(CCc1c(C)[nH]c2cccc(OC(C)=O)c12)C(C)(C)C. The van der Waals surface area contributed by atoms with Gasteiger partial charge in [-0.1, -0.05) is 12.1 Å². The van der Waals surface area contributed by atoms with Crippen molar-refractivity contribution in [2.75, 3.05) is 13.1 Å². The zero-order valence-electron chi connectivity index (χ0n) is 15.4. The van der Waals surface area contributed by atoms with Crippen LogP contribution in [0, 0.1) is 6.92 Å². The number of H-pyrrole nitrogens is 1. The number of aryl methyl sites for hydroxylation is 1. The van der Waals surface area contributed by atoms with Gasteiger partial charge in [-0.15, -0.1) is 6.58 Å². The molecule has 0 amide bonds. The lowest BCUT2D eigenvalue weighted by Gasteiger charge is -2.34. The smallest absolute Gasteiger partial charge is 0.308 e. The van der Waals surface area contributed by atoms with Crippen molar-refractivity contribution in [2.45, 2.75) is 46.6 Å². The van der Waals surface area contributed by atoms with Crippen molar-refractivity contribution in [2.24, 2.45) is 0 Å². The molecule has 1 N–H and O–H groups in total. The van der Waals surface area contributed by atoms with E-state index in [1.54, 1.807) is 0 Å². The van der Waals surface area contributed by atoms with Crippen LogP contribution in [0.5, 0.6) is 5.75 Å². The number of aromatic amines is 1. The van der Waals surface area contributed by atoms with E-state index in [0.29, 0.717) is 5.75 Å². The molecule has 0 radical (unpaired) electrons. The zero-order valence-corrected chi connectivity index (χ0v) is 15.4. The Morgan fingerprint density at radius 3 is 2.67 bits per heavy atom. The standard InChI is InChI=1S/C20H28N2O2/c1-7-12-22(20(4,5)6)13-11-16-14(2)21-17-9-8-10-18(19(16)17)24-15(3)23/h7-10,21H,1,11-13H2,2-6H3. The molecule has 4 nitrogen and oxygen atoms in total. The van der Waals surface area contributed by atoms with E-state index in [1.807, 2.05) is 24.3 Å². The van der Waals surface area contributed by atoms with Gasteiger partial charge in [0, 0.05) is 42.1 Å². The Kier molecular flexibility index (Phi) is 5.50. The van der Waals surface area contributed by atoms with Crippen LogP contribution in [0.1, 0.15) is 39.0 Å². The summed E-state index contributed by atoms with van der Waals surface area (Å²) in [6.45, 7) is 15.8. The van der Waals surface area contributed by atoms with Gasteiger partial charge in [-0.05, 0) is 51.8 Å². The molecule has 1 heterocycles. The molecular weight excluding hydrogens is 300 g/mol. The van der Waals surface area contributed by atoms with E-state index < -0.39 is 0 Å². The van der Waals surface area contributed by atoms with Gasteiger partial charge in [-0.25, -0.2) is 0 Å². The molecular formula is C20H28N2O2. The van der Waals surface area contributed by atoms with Crippen molar-refractivity contribution in [3.05, 3.63) is 42.1 Å². The molecule has 0 bridgehead atoms. The average molecular weight is 328 g/mol. The van der Waals surface area contributed by atoms with Gasteiger partial charge < -0.3 is 9.72 Å². The summed E-state index contributed by atoms with van der Waals surface area (Å²) in [4.78, 5) is 17.2. The summed E-state index contributed by atoms with van der Waals surface area (Å²) in [7, 11) is 0. The summed E-state index contributed by atoms with van der Waals surface area (Å²) in [5.41, 5.74) is 3.41. The second-order valence-electron chi connectivity index (χ2n) is 7.16. The maximum Gasteiger partial charge on any atom is 0.308 e. The Labute approximate surface area is 144 Å². The van der Waals surface area contributed by atoms with Crippen molar-refractivity contribution in [3.8, 4) is 5.75 Å². The van der Waals surface area contributed by atoms with Crippen molar-refractivity contribution < 1.29 is 9.53 Å². The summed E-state index contributed by atoms with van der Waals surface area (Å²) in [6.07, 6.45) is 2.83. The molecule has 0 saturated heterocycles. The Morgan fingerprint density at radius 2 is 2.08 bits per heavy atom. The number of esters is 1. The number of carbonyl (C=O) groups is 1. The van der Waals surface area contributed by atoms with Crippen LogP contribution < -0.4 is 4.74 Å². The number of rotatable bonds is 6. The van der Waals surface area contributed by atoms with E-state index in [9.17, 15) is 4.79 Å². The highest BCUT2D eigenvalue weighted by atomic mass is 16.5. The first-order valence-electron chi connectivity index (χ1n) is 8.38. The molecule has 2 rings (SSSR count). The quantitative estimate of drug-likeness (QED) is 0.490. The third kappa shape index (κ3) is 4.06. The minimum Gasteiger partial charge on any atom is -0.426 e. The number of nitrogens with one attached hydrogen (secondary N) is 1. The zero-order chi connectivity index (χ0) is 17.9. The van der Waals surface area contributed by atoms with Crippen molar-refractivity contribution in [3.63, 3.8) is 0 Å². The second-order valence-corrected chi connectivity index (χ2v) is 7.16. The van der Waals surface area contributed by atoms with Gasteiger partial charge in [0.2, 0.25) is 0 Å². The molecule has 0 aliphatic carbocycles. The number of hydrogen-bond acceptors (Lipinski definition) is 3. The Morgan fingerprint density at radius 1 is 1.38 bits per heavy atom. The molecule has 0 fully saturated rings. The van der Waals surface area contributed by atoms with E-state index >= 15 is 0 Å².